The van der Waals surface area contributed by atoms with Crippen LogP contribution < -0.4 is 4.74 Å². The van der Waals surface area contributed by atoms with Crippen molar-refractivity contribution in [2.45, 2.75) is 25.9 Å². The van der Waals surface area contributed by atoms with Crippen molar-refractivity contribution >= 4 is 29.1 Å². The Morgan fingerprint density at radius 2 is 1.82 bits per heavy atom. The summed E-state index contributed by atoms with van der Waals surface area (Å²) in [5.74, 6) is -1.07. The van der Waals surface area contributed by atoms with E-state index in [0.717, 1.165) is 12.0 Å². The Morgan fingerprint density at radius 3 is 2.52 bits per heavy atom. The van der Waals surface area contributed by atoms with Gasteiger partial charge in [-0.3, -0.25) is 14.6 Å². The van der Waals surface area contributed by atoms with Gasteiger partial charge in [-0.15, -0.1) is 0 Å². The minimum absolute atomic E-state index is 0.0315. The van der Waals surface area contributed by atoms with Crippen molar-refractivity contribution in [3.8, 4) is 5.75 Å². The van der Waals surface area contributed by atoms with E-state index in [4.69, 9.17) is 16.3 Å². The lowest BCUT2D eigenvalue weighted by Gasteiger charge is -2.25. The normalized spacial score (nSPS) is 17.4. The quantitative estimate of drug-likeness (QED) is 0.298. The fourth-order valence-corrected chi connectivity index (χ4v) is 3.95. The minimum Gasteiger partial charge on any atom is -0.507 e. The van der Waals surface area contributed by atoms with E-state index >= 15 is 0 Å². The zero-order chi connectivity index (χ0) is 23.4. The Hall–Kier alpha value is -3.64. The van der Waals surface area contributed by atoms with Crippen LogP contribution in [0.15, 0.2) is 78.6 Å². The topological polar surface area (TPSA) is 79.7 Å². The van der Waals surface area contributed by atoms with Crippen molar-refractivity contribution in [3.63, 3.8) is 0 Å². The number of amides is 1. The Labute approximate surface area is 197 Å². The van der Waals surface area contributed by atoms with Gasteiger partial charge in [0.15, 0.2) is 0 Å². The van der Waals surface area contributed by atoms with E-state index in [1.54, 1.807) is 73.1 Å². The predicted molar refractivity (Wildman–Crippen MR) is 126 cm³/mol. The summed E-state index contributed by atoms with van der Waals surface area (Å²) in [5.41, 5.74) is 1.93. The lowest BCUT2D eigenvalue weighted by molar-refractivity contribution is -0.140. The average Bonchev–Trinajstić information content (AvgIpc) is 3.08. The van der Waals surface area contributed by atoms with Gasteiger partial charge in [0.25, 0.3) is 11.7 Å². The van der Waals surface area contributed by atoms with Gasteiger partial charge in [-0.1, -0.05) is 42.8 Å². The lowest BCUT2D eigenvalue weighted by Crippen LogP contribution is -2.29. The molecule has 1 aliphatic rings. The van der Waals surface area contributed by atoms with Gasteiger partial charge >= 0.3 is 0 Å². The second-order valence-electron chi connectivity index (χ2n) is 7.71. The van der Waals surface area contributed by atoms with Crippen molar-refractivity contribution in [2.75, 3.05) is 6.61 Å². The summed E-state index contributed by atoms with van der Waals surface area (Å²) in [7, 11) is 0. The highest BCUT2D eigenvalue weighted by Gasteiger charge is 2.46. The predicted octanol–water partition coefficient (Wildman–Crippen LogP) is 5.15. The van der Waals surface area contributed by atoms with E-state index in [-0.39, 0.29) is 17.9 Å². The summed E-state index contributed by atoms with van der Waals surface area (Å²) in [6, 6.07) is 16.6. The maximum atomic E-state index is 13.1. The molecule has 168 valence electrons. The first-order chi connectivity index (χ1) is 16.0. The van der Waals surface area contributed by atoms with E-state index in [1.165, 1.54) is 4.90 Å². The molecule has 1 N–H and O–H groups in total. The van der Waals surface area contributed by atoms with Crippen molar-refractivity contribution in [2.24, 2.45) is 0 Å². The van der Waals surface area contributed by atoms with Crippen LogP contribution in [0, 0.1) is 0 Å². The first-order valence-corrected chi connectivity index (χ1v) is 11.0. The Balaban J connectivity index is 1.81. The molecule has 1 aliphatic heterocycles. The molecule has 2 aromatic carbocycles. The first kappa shape index (κ1) is 22.6. The number of nitrogens with zero attached hydrogens (tertiary/aromatic N) is 2. The van der Waals surface area contributed by atoms with E-state index in [9.17, 15) is 14.7 Å². The number of carbonyl (C=O) groups excluding carboxylic acids is 2. The Kier molecular flexibility index (Phi) is 6.75. The molecule has 3 aromatic rings. The van der Waals surface area contributed by atoms with E-state index in [2.05, 4.69) is 4.98 Å². The van der Waals surface area contributed by atoms with E-state index < -0.39 is 17.7 Å². The zero-order valence-corrected chi connectivity index (χ0v) is 18.8. The van der Waals surface area contributed by atoms with Crippen LogP contribution in [0.5, 0.6) is 5.75 Å². The third-order valence-corrected chi connectivity index (χ3v) is 5.66. The number of aliphatic hydroxyl groups is 1. The fourth-order valence-electron chi connectivity index (χ4n) is 3.83. The molecule has 1 fully saturated rings. The molecule has 0 aliphatic carbocycles. The van der Waals surface area contributed by atoms with Gasteiger partial charge in [0.05, 0.1) is 18.2 Å². The van der Waals surface area contributed by atoms with Crippen molar-refractivity contribution in [1.29, 1.82) is 0 Å². The molecule has 1 amide bonds. The van der Waals surface area contributed by atoms with Crippen LogP contribution >= 0.6 is 11.6 Å². The van der Waals surface area contributed by atoms with Crippen LogP contribution in [0.3, 0.4) is 0 Å². The van der Waals surface area contributed by atoms with Crippen LogP contribution in [0.1, 0.15) is 36.1 Å². The summed E-state index contributed by atoms with van der Waals surface area (Å²) in [4.78, 5) is 31.7. The largest absolute Gasteiger partial charge is 0.507 e. The number of hydrogen-bond donors (Lipinski definition) is 1. The molecule has 1 saturated heterocycles. The van der Waals surface area contributed by atoms with Crippen LogP contribution in [0.2, 0.25) is 5.02 Å². The number of likely N-dealkylation sites (tertiary alicyclic amines) is 1. The molecule has 0 radical (unpaired) electrons. The number of halogens is 1. The summed E-state index contributed by atoms with van der Waals surface area (Å²) >= 11 is 6.07. The third kappa shape index (κ3) is 4.76. The zero-order valence-electron chi connectivity index (χ0n) is 18.1. The second-order valence-corrected chi connectivity index (χ2v) is 8.15. The SMILES string of the molecule is CCCOc1cccc(/C(O)=C2\C(=O)C(=O)N(Cc3ccncc3)C2c2ccc(Cl)cc2)c1. The van der Waals surface area contributed by atoms with Crippen molar-refractivity contribution < 1.29 is 19.4 Å². The Bertz CT molecular complexity index is 1190. The summed E-state index contributed by atoms with van der Waals surface area (Å²) in [6.45, 7) is 2.72. The molecule has 7 heteroatoms. The number of ether oxygens (including phenoxy) is 1. The third-order valence-electron chi connectivity index (χ3n) is 5.41. The number of carbonyl (C=O) groups is 2. The van der Waals surface area contributed by atoms with Crippen molar-refractivity contribution in [3.05, 3.63) is 100 Å². The van der Waals surface area contributed by atoms with Gasteiger partial charge in [0.1, 0.15) is 11.5 Å². The molecule has 1 unspecified atom stereocenters. The van der Waals surface area contributed by atoms with Gasteiger partial charge in [-0.05, 0) is 53.9 Å². The van der Waals surface area contributed by atoms with Gasteiger partial charge in [0, 0.05) is 29.5 Å². The molecule has 4 rings (SSSR count). The molecule has 0 saturated carbocycles. The van der Waals surface area contributed by atoms with Crippen LogP contribution in [0.4, 0.5) is 0 Å². The molecule has 1 aromatic heterocycles. The highest BCUT2D eigenvalue weighted by atomic mass is 35.5. The molecular formula is C26H23ClN2O4. The number of hydrogen-bond acceptors (Lipinski definition) is 5. The number of aliphatic hydroxyl groups excluding tert-OH is 1. The smallest absolute Gasteiger partial charge is 0.295 e. The van der Waals surface area contributed by atoms with Crippen LogP contribution in [-0.4, -0.2) is 33.3 Å². The van der Waals surface area contributed by atoms with Gasteiger partial charge in [-0.2, -0.15) is 0 Å². The number of aromatic nitrogens is 1. The van der Waals surface area contributed by atoms with Gasteiger partial charge in [-0.25, -0.2) is 0 Å². The summed E-state index contributed by atoms with van der Waals surface area (Å²) in [5, 5.41) is 11.7. The first-order valence-electron chi connectivity index (χ1n) is 10.7. The minimum atomic E-state index is -0.768. The van der Waals surface area contributed by atoms with E-state index in [0.29, 0.717) is 28.5 Å². The molecule has 2 heterocycles. The summed E-state index contributed by atoms with van der Waals surface area (Å²) < 4.78 is 5.66. The van der Waals surface area contributed by atoms with Gasteiger partial charge in [0.2, 0.25) is 0 Å². The Morgan fingerprint density at radius 1 is 1.09 bits per heavy atom. The fraction of sp³-hybridized carbons (Fsp3) is 0.192. The highest BCUT2D eigenvalue weighted by Crippen LogP contribution is 2.40. The monoisotopic (exact) mass is 462 g/mol. The maximum Gasteiger partial charge on any atom is 0.295 e. The molecular weight excluding hydrogens is 440 g/mol. The lowest BCUT2D eigenvalue weighted by atomic mass is 9.95. The maximum absolute atomic E-state index is 13.1. The average molecular weight is 463 g/mol. The molecule has 1 atom stereocenters. The van der Waals surface area contributed by atoms with E-state index in [1.807, 2.05) is 6.92 Å². The second kappa shape index (κ2) is 9.88. The van der Waals surface area contributed by atoms with Crippen LogP contribution in [0.25, 0.3) is 5.76 Å². The van der Waals surface area contributed by atoms with Crippen LogP contribution in [-0.2, 0) is 16.1 Å². The van der Waals surface area contributed by atoms with Gasteiger partial charge < -0.3 is 14.7 Å². The summed E-state index contributed by atoms with van der Waals surface area (Å²) in [6.07, 6.45) is 4.10. The number of pyridine rings is 1. The highest BCUT2D eigenvalue weighted by molar-refractivity contribution is 6.46. The number of ketones is 1. The molecule has 0 bridgehead atoms. The standard InChI is InChI=1S/C26H23ClN2O4/c1-2-14-33-21-5-3-4-19(15-21)24(30)22-23(18-6-8-20(27)9-7-18)29(26(32)25(22)31)16-17-10-12-28-13-11-17/h3-13,15,23,30H,2,14,16H2,1H3/b24-22+. The molecule has 0 spiro atoms. The molecule has 33 heavy (non-hydrogen) atoms. The molecule has 6 nitrogen and oxygen atoms in total. The number of benzene rings is 2. The number of rotatable bonds is 7. The number of Topliss-reactive ketones (excluding diaryl/α,β-unsaturated/α-hetero) is 1. The van der Waals surface area contributed by atoms with Crippen molar-refractivity contribution in [1.82, 2.24) is 9.88 Å².